The zero-order valence-corrected chi connectivity index (χ0v) is 24.3. The van der Waals surface area contributed by atoms with E-state index >= 15 is 0 Å². The van der Waals surface area contributed by atoms with Crippen molar-refractivity contribution in [2.24, 2.45) is 0 Å². The van der Waals surface area contributed by atoms with Crippen molar-refractivity contribution in [3.63, 3.8) is 0 Å². The zero-order chi connectivity index (χ0) is 29.6. The SMILES string of the molecule is CCC(=O)c1ccc(-c2ccc(OCCOCCOCCOc3ccc(-c4ccc(C(=O)CC)cc4)cc3)cc2)cc1. The maximum absolute atomic E-state index is 11.8. The lowest BCUT2D eigenvalue weighted by atomic mass is 10.0. The lowest BCUT2D eigenvalue weighted by Gasteiger charge is -2.10. The molecular weight excluding hydrogens is 528 g/mol. The van der Waals surface area contributed by atoms with E-state index < -0.39 is 0 Å². The highest BCUT2D eigenvalue weighted by atomic mass is 16.6. The molecule has 6 nitrogen and oxygen atoms in total. The van der Waals surface area contributed by atoms with Crippen molar-refractivity contribution in [2.75, 3.05) is 39.6 Å². The van der Waals surface area contributed by atoms with E-state index in [0.717, 1.165) is 44.9 Å². The van der Waals surface area contributed by atoms with Crippen molar-refractivity contribution in [2.45, 2.75) is 26.7 Å². The highest BCUT2D eigenvalue weighted by Crippen LogP contribution is 2.24. The van der Waals surface area contributed by atoms with Crippen LogP contribution in [0.1, 0.15) is 47.4 Å². The third-order valence-electron chi connectivity index (χ3n) is 6.80. The van der Waals surface area contributed by atoms with Crippen LogP contribution < -0.4 is 9.47 Å². The molecule has 0 aromatic heterocycles. The van der Waals surface area contributed by atoms with Crippen LogP contribution in [0.2, 0.25) is 0 Å². The summed E-state index contributed by atoms with van der Waals surface area (Å²) in [7, 11) is 0. The van der Waals surface area contributed by atoms with Crippen molar-refractivity contribution in [1.82, 2.24) is 0 Å². The smallest absolute Gasteiger partial charge is 0.162 e. The Kier molecular flexibility index (Phi) is 11.9. The third kappa shape index (κ3) is 9.13. The summed E-state index contributed by atoms with van der Waals surface area (Å²) < 4.78 is 22.7. The van der Waals surface area contributed by atoms with Crippen LogP contribution in [-0.2, 0) is 9.47 Å². The molecule has 0 N–H and O–H groups in total. The average Bonchev–Trinajstić information content (AvgIpc) is 3.05. The summed E-state index contributed by atoms with van der Waals surface area (Å²) in [4.78, 5) is 23.6. The first-order valence-electron chi connectivity index (χ1n) is 14.5. The lowest BCUT2D eigenvalue weighted by molar-refractivity contribution is 0.0273. The van der Waals surface area contributed by atoms with E-state index in [1.54, 1.807) is 0 Å². The molecular formula is C36H38O6. The summed E-state index contributed by atoms with van der Waals surface area (Å²) in [6, 6.07) is 31.2. The number of carbonyl (C=O) groups is 2. The van der Waals surface area contributed by atoms with Crippen LogP contribution in [0.25, 0.3) is 22.3 Å². The summed E-state index contributed by atoms with van der Waals surface area (Å²) in [5, 5.41) is 0. The van der Waals surface area contributed by atoms with Gasteiger partial charge in [-0.25, -0.2) is 0 Å². The Balaban J connectivity index is 1.04. The maximum Gasteiger partial charge on any atom is 0.162 e. The Morgan fingerprint density at radius 2 is 0.714 bits per heavy atom. The quantitative estimate of drug-likeness (QED) is 0.0964. The van der Waals surface area contributed by atoms with Gasteiger partial charge in [0.1, 0.15) is 24.7 Å². The number of ether oxygens (including phenoxy) is 4. The molecule has 6 heteroatoms. The van der Waals surface area contributed by atoms with E-state index in [1.165, 1.54) is 0 Å². The maximum atomic E-state index is 11.8. The fraction of sp³-hybridized carbons (Fsp3) is 0.278. The van der Waals surface area contributed by atoms with Crippen LogP contribution in [0.4, 0.5) is 0 Å². The molecule has 0 bridgehead atoms. The highest BCUT2D eigenvalue weighted by molar-refractivity contribution is 5.96. The van der Waals surface area contributed by atoms with Gasteiger partial charge in [0.2, 0.25) is 0 Å². The molecule has 4 aromatic rings. The molecule has 0 saturated heterocycles. The Morgan fingerprint density at radius 1 is 0.429 bits per heavy atom. The molecule has 0 aliphatic heterocycles. The van der Waals surface area contributed by atoms with Crippen molar-refractivity contribution in [1.29, 1.82) is 0 Å². The van der Waals surface area contributed by atoms with Gasteiger partial charge in [0.25, 0.3) is 0 Å². The molecule has 0 radical (unpaired) electrons. The van der Waals surface area contributed by atoms with E-state index in [4.69, 9.17) is 18.9 Å². The molecule has 42 heavy (non-hydrogen) atoms. The number of hydrogen-bond acceptors (Lipinski definition) is 6. The number of carbonyl (C=O) groups excluding carboxylic acids is 2. The van der Waals surface area contributed by atoms with Gasteiger partial charge in [-0.05, 0) is 46.5 Å². The molecule has 4 aromatic carbocycles. The minimum absolute atomic E-state index is 0.151. The number of hydrogen-bond donors (Lipinski definition) is 0. The predicted molar refractivity (Wildman–Crippen MR) is 166 cm³/mol. The molecule has 218 valence electrons. The van der Waals surface area contributed by atoms with Crippen LogP contribution >= 0.6 is 0 Å². The molecule has 0 amide bonds. The zero-order valence-electron chi connectivity index (χ0n) is 24.3. The van der Waals surface area contributed by atoms with Gasteiger partial charge in [-0.1, -0.05) is 86.6 Å². The standard InChI is InChI=1S/C36H38O6/c1-3-35(37)31-9-5-27(6-10-31)29-13-17-33(18-14-29)41-25-23-39-21-22-40-24-26-42-34-19-15-30(16-20-34)28-7-11-32(12-8-28)36(38)4-2/h5-20H,3-4,21-26H2,1-2H3. The fourth-order valence-electron chi connectivity index (χ4n) is 4.35. The molecule has 0 spiro atoms. The number of benzene rings is 4. The van der Waals surface area contributed by atoms with Gasteiger partial charge in [0.05, 0.1) is 26.4 Å². The lowest BCUT2D eigenvalue weighted by Crippen LogP contribution is -2.13. The van der Waals surface area contributed by atoms with E-state index in [2.05, 4.69) is 0 Å². The topological polar surface area (TPSA) is 71.1 Å². The van der Waals surface area contributed by atoms with E-state index in [-0.39, 0.29) is 11.6 Å². The number of ketones is 2. The molecule has 0 atom stereocenters. The summed E-state index contributed by atoms with van der Waals surface area (Å²) in [6.07, 6.45) is 1.02. The second kappa shape index (κ2) is 16.2. The average molecular weight is 567 g/mol. The summed E-state index contributed by atoms with van der Waals surface area (Å²) >= 11 is 0. The summed E-state index contributed by atoms with van der Waals surface area (Å²) in [5.41, 5.74) is 5.75. The number of Topliss-reactive ketones (excluding diaryl/α,β-unsaturated/α-hetero) is 2. The second-order valence-corrected chi connectivity index (χ2v) is 9.68. The first kappa shape index (κ1) is 30.7. The molecule has 0 fully saturated rings. The third-order valence-corrected chi connectivity index (χ3v) is 6.80. The Bertz CT molecular complexity index is 1280. The normalized spacial score (nSPS) is 10.8. The van der Waals surface area contributed by atoms with E-state index in [9.17, 15) is 9.59 Å². The molecule has 0 saturated carbocycles. The van der Waals surface area contributed by atoms with Gasteiger partial charge in [-0.2, -0.15) is 0 Å². The molecule has 0 aliphatic carbocycles. The van der Waals surface area contributed by atoms with Gasteiger partial charge in [-0.3, -0.25) is 9.59 Å². The minimum atomic E-state index is 0.151. The molecule has 0 heterocycles. The van der Waals surface area contributed by atoms with Crippen molar-refractivity contribution >= 4 is 11.6 Å². The largest absolute Gasteiger partial charge is 0.491 e. The van der Waals surface area contributed by atoms with E-state index in [1.807, 2.05) is 111 Å². The monoisotopic (exact) mass is 566 g/mol. The summed E-state index contributed by atoms with van der Waals surface area (Å²) in [6.45, 7) is 6.55. The number of rotatable bonds is 17. The van der Waals surface area contributed by atoms with Gasteiger partial charge in [0.15, 0.2) is 11.6 Å². The van der Waals surface area contributed by atoms with Crippen LogP contribution in [0.3, 0.4) is 0 Å². The Hall–Kier alpha value is -4.26. The van der Waals surface area contributed by atoms with Gasteiger partial charge >= 0.3 is 0 Å². The predicted octanol–water partition coefficient (Wildman–Crippen LogP) is 7.70. The Labute approximate surface area is 248 Å². The summed E-state index contributed by atoms with van der Waals surface area (Å²) in [5.74, 6) is 1.86. The Morgan fingerprint density at radius 3 is 1.02 bits per heavy atom. The highest BCUT2D eigenvalue weighted by Gasteiger charge is 2.06. The van der Waals surface area contributed by atoms with Crippen molar-refractivity contribution in [3.05, 3.63) is 108 Å². The van der Waals surface area contributed by atoms with Gasteiger partial charge in [0, 0.05) is 24.0 Å². The second-order valence-electron chi connectivity index (χ2n) is 9.68. The first-order chi connectivity index (χ1) is 20.6. The molecule has 0 unspecified atom stereocenters. The first-order valence-corrected chi connectivity index (χ1v) is 14.5. The van der Waals surface area contributed by atoms with Crippen molar-refractivity contribution < 1.29 is 28.5 Å². The van der Waals surface area contributed by atoms with E-state index in [0.29, 0.717) is 52.5 Å². The fourth-order valence-corrected chi connectivity index (χ4v) is 4.35. The van der Waals surface area contributed by atoms with Crippen LogP contribution in [0.5, 0.6) is 11.5 Å². The molecule has 4 rings (SSSR count). The van der Waals surface area contributed by atoms with Gasteiger partial charge in [-0.15, -0.1) is 0 Å². The van der Waals surface area contributed by atoms with Crippen LogP contribution in [-0.4, -0.2) is 51.2 Å². The van der Waals surface area contributed by atoms with Crippen molar-refractivity contribution in [3.8, 4) is 33.8 Å². The van der Waals surface area contributed by atoms with Crippen LogP contribution in [0, 0.1) is 0 Å². The minimum Gasteiger partial charge on any atom is -0.491 e. The molecule has 0 aliphatic rings. The van der Waals surface area contributed by atoms with Crippen LogP contribution in [0.15, 0.2) is 97.1 Å². The van der Waals surface area contributed by atoms with Gasteiger partial charge < -0.3 is 18.9 Å².